The lowest BCUT2D eigenvalue weighted by Crippen LogP contribution is -2.30. The molecule has 0 bridgehead atoms. The molecule has 1 amide bonds. The van der Waals surface area contributed by atoms with Crippen LogP contribution in [0.15, 0.2) is 58.3 Å². The van der Waals surface area contributed by atoms with Crippen LogP contribution >= 0.6 is 11.3 Å². The maximum absolute atomic E-state index is 12.8. The summed E-state index contributed by atoms with van der Waals surface area (Å²) in [5.41, 5.74) is -0.659. The van der Waals surface area contributed by atoms with Crippen LogP contribution in [0.2, 0.25) is 0 Å². The minimum Gasteiger partial charge on any atom is -0.450 e. The Labute approximate surface area is 168 Å². The minimum atomic E-state index is -4.49. The van der Waals surface area contributed by atoms with E-state index in [1.807, 2.05) is 17.5 Å². The number of alkyl halides is 3. The predicted octanol–water partition coefficient (Wildman–Crippen LogP) is 5.06. The van der Waals surface area contributed by atoms with Crippen molar-refractivity contribution < 1.29 is 31.9 Å². The summed E-state index contributed by atoms with van der Waals surface area (Å²) in [6.07, 6.45) is -4.49. The van der Waals surface area contributed by atoms with E-state index in [0.29, 0.717) is 0 Å². The van der Waals surface area contributed by atoms with Crippen LogP contribution < -0.4 is 5.32 Å². The lowest BCUT2D eigenvalue weighted by Gasteiger charge is -2.12. The van der Waals surface area contributed by atoms with Gasteiger partial charge in [0.25, 0.3) is 5.91 Å². The second kappa shape index (κ2) is 8.52. The van der Waals surface area contributed by atoms with Gasteiger partial charge in [-0.2, -0.15) is 13.2 Å². The fourth-order valence-corrected chi connectivity index (χ4v) is 3.28. The number of hydrogen-bond donors (Lipinski definition) is 1. The third-order valence-corrected chi connectivity index (χ3v) is 5.02. The molecule has 0 fully saturated rings. The maximum atomic E-state index is 12.8. The Morgan fingerprint density at radius 2 is 1.97 bits per heavy atom. The van der Waals surface area contributed by atoms with Gasteiger partial charge >= 0.3 is 12.1 Å². The van der Waals surface area contributed by atoms with Gasteiger partial charge in [-0.1, -0.05) is 18.2 Å². The Balaban J connectivity index is 1.59. The van der Waals surface area contributed by atoms with Crippen LogP contribution in [0.5, 0.6) is 0 Å². The molecule has 1 unspecified atom stereocenters. The Morgan fingerprint density at radius 3 is 2.66 bits per heavy atom. The van der Waals surface area contributed by atoms with Crippen molar-refractivity contribution in [3.05, 3.63) is 70.1 Å². The first kappa shape index (κ1) is 20.7. The third-order valence-electron chi connectivity index (χ3n) is 3.96. The largest absolute Gasteiger partial charge is 0.450 e. The molecule has 3 aromatic rings. The normalized spacial score (nSPS) is 12.4. The minimum absolute atomic E-state index is 0.0822. The van der Waals surface area contributed by atoms with Crippen molar-refractivity contribution >= 4 is 23.2 Å². The topological polar surface area (TPSA) is 68.5 Å². The lowest BCUT2D eigenvalue weighted by atomic mass is 10.1. The van der Waals surface area contributed by atoms with Crippen LogP contribution in [0.3, 0.4) is 0 Å². The van der Waals surface area contributed by atoms with Crippen molar-refractivity contribution in [3.63, 3.8) is 0 Å². The molecule has 0 saturated heterocycles. The van der Waals surface area contributed by atoms with Crippen molar-refractivity contribution in [1.82, 2.24) is 5.32 Å². The lowest BCUT2D eigenvalue weighted by molar-refractivity contribution is -0.137. The highest BCUT2D eigenvalue weighted by Crippen LogP contribution is 2.32. The summed E-state index contributed by atoms with van der Waals surface area (Å²) in [4.78, 5) is 24.9. The maximum Gasteiger partial charge on any atom is 0.416 e. The quantitative estimate of drug-likeness (QED) is 0.563. The molecule has 2 aromatic heterocycles. The summed E-state index contributed by atoms with van der Waals surface area (Å²) >= 11 is 1.49. The van der Waals surface area contributed by atoms with Gasteiger partial charge in [-0.05, 0) is 42.6 Å². The van der Waals surface area contributed by atoms with Crippen LogP contribution in [0.1, 0.15) is 34.0 Å². The molecule has 1 aromatic carbocycles. The summed E-state index contributed by atoms with van der Waals surface area (Å²) in [5.74, 6) is -1.50. The number of rotatable bonds is 6. The van der Waals surface area contributed by atoms with Crippen LogP contribution in [0.25, 0.3) is 11.3 Å². The zero-order chi connectivity index (χ0) is 21.0. The SMILES string of the molecule is CC(NC(=O)COC(=O)c1ccc(-c2cccc(C(F)(F)F)c2)o1)c1cccs1. The highest BCUT2D eigenvalue weighted by molar-refractivity contribution is 7.10. The van der Waals surface area contributed by atoms with Gasteiger partial charge in [0, 0.05) is 10.4 Å². The van der Waals surface area contributed by atoms with E-state index in [1.54, 1.807) is 6.92 Å². The van der Waals surface area contributed by atoms with Crippen LogP contribution in [-0.4, -0.2) is 18.5 Å². The number of nitrogens with one attached hydrogen (secondary N) is 1. The van der Waals surface area contributed by atoms with Gasteiger partial charge in [-0.3, -0.25) is 4.79 Å². The van der Waals surface area contributed by atoms with Gasteiger partial charge in [0.15, 0.2) is 6.61 Å². The molecule has 0 radical (unpaired) electrons. The number of ether oxygens (including phenoxy) is 1. The number of thiophene rings is 1. The highest BCUT2D eigenvalue weighted by atomic mass is 32.1. The molecule has 0 spiro atoms. The van der Waals surface area contributed by atoms with Gasteiger partial charge in [0.1, 0.15) is 5.76 Å². The van der Waals surface area contributed by atoms with Crippen molar-refractivity contribution in [3.8, 4) is 11.3 Å². The van der Waals surface area contributed by atoms with E-state index in [9.17, 15) is 22.8 Å². The van der Waals surface area contributed by atoms with Gasteiger partial charge in [-0.15, -0.1) is 11.3 Å². The van der Waals surface area contributed by atoms with E-state index in [-0.39, 0.29) is 23.1 Å². The van der Waals surface area contributed by atoms with Crippen molar-refractivity contribution in [2.24, 2.45) is 0 Å². The molecule has 1 atom stereocenters. The number of esters is 1. The van der Waals surface area contributed by atoms with Crippen molar-refractivity contribution in [2.75, 3.05) is 6.61 Å². The van der Waals surface area contributed by atoms with Crippen molar-refractivity contribution in [2.45, 2.75) is 19.1 Å². The zero-order valence-electron chi connectivity index (χ0n) is 15.2. The van der Waals surface area contributed by atoms with Crippen LogP contribution in [-0.2, 0) is 15.7 Å². The molecule has 152 valence electrons. The second-order valence-electron chi connectivity index (χ2n) is 6.12. The number of carbonyl (C=O) groups excluding carboxylic acids is 2. The number of hydrogen-bond acceptors (Lipinski definition) is 5. The third kappa shape index (κ3) is 5.26. The molecule has 0 aliphatic rings. The van der Waals surface area contributed by atoms with E-state index in [1.165, 1.54) is 35.6 Å². The Morgan fingerprint density at radius 1 is 1.17 bits per heavy atom. The fourth-order valence-electron chi connectivity index (χ4n) is 2.55. The Bertz CT molecular complexity index is 995. The number of benzene rings is 1. The average molecular weight is 423 g/mol. The average Bonchev–Trinajstić information content (AvgIpc) is 3.37. The predicted molar refractivity (Wildman–Crippen MR) is 100 cm³/mol. The summed E-state index contributed by atoms with van der Waals surface area (Å²) in [5, 5.41) is 4.58. The Hall–Kier alpha value is -3.07. The summed E-state index contributed by atoms with van der Waals surface area (Å²) in [6.45, 7) is 1.30. The van der Waals surface area contributed by atoms with Crippen LogP contribution in [0, 0.1) is 0 Å². The molecule has 0 aliphatic heterocycles. The number of halogens is 3. The van der Waals surface area contributed by atoms with Crippen molar-refractivity contribution in [1.29, 1.82) is 0 Å². The van der Waals surface area contributed by atoms with E-state index < -0.39 is 30.2 Å². The molecule has 0 aliphatic carbocycles. The molecule has 29 heavy (non-hydrogen) atoms. The molecular formula is C20H16F3NO4S. The van der Waals surface area contributed by atoms with Gasteiger partial charge in [-0.25, -0.2) is 4.79 Å². The smallest absolute Gasteiger partial charge is 0.416 e. The zero-order valence-corrected chi connectivity index (χ0v) is 16.0. The van der Waals surface area contributed by atoms with E-state index in [0.717, 1.165) is 17.0 Å². The monoisotopic (exact) mass is 423 g/mol. The fraction of sp³-hybridized carbons (Fsp3) is 0.200. The first-order chi connectivity index (χ1) is 13.7. The first-order valence-corrected chi connectivity index (χ1v) is 9.39. The van der Waals surface area contributed by atoms with Gasteiger partial charge in [0.05, 0.1) is 11.6 Å². The summed E-state index contributed by atoms with van der Waals surface area (Å²) in [6, 6.07) is 10.7. The highest BCUT2D eigenvalue weighted by Gasteiger charge is 2.30. The summed E-state index contributed by atoms with van der Waals surface area (Å²) < 4.78 is 48.7. The summed E-state index contributed by atoms with van der Waals surface area (Å²) in [7, 11) is 0. The molecule has 5 nitrogen and oxygen atoms in total. The van der Waals surface area contributed by atoms with E-state index >= 15 is 0 Å². The van der Waals surface area contributed by atoms with E-state index in [4.69, 9.17) is 9.15 Å². The molecule has 9 heteroatoms. The number of carbonyl (C=O) groups is 2. The van der Waals surface area contributed by atoms with E-state index in [2.05, 4.69) is 5.32 Å². The molecule has 3 rings (SSSR count). The van der Waals surface area contributed by atoms with Crippen LogP contribution in [0.4, 0.5) is 13.2 Å². The molecule has 1 N–H and O–H groups in total. The molecule has 2 heterocycles. The number of amides is 1. The Kier molecular flexibility index (Phi) is 6.07. The van der Waals surface area contributed by atoms with Gasteiger partial charge < -0.3 is 14.5 Å². The second-order valence-corrected chi connectivity index (χ2v) is 7.10. The molecule has 0 saturated carbocycles. The standard InChI is InChI=1S/C20H16F3NO4S/c1-12(17-6-3-9-29-17)24-18(25)11-27-19(26)16-8-7-15(28-16)13-4-2-5-14(10-13)20(21,22)23/h2-10,12H,11H2,1H3,(H,24,25). The first-order valence-electron chi connectivity index (χ1n) is 8.51. The van der Waals surface area contributed by atoms with Gasteiger partial charge in [0.2, 0.25) is 5.76 Å². The number of furan rings is 1. The molecular weight excluding hydrogens is 407 g/mol.